The summed E-state index contributed by atoms with van der Waals surface area (Å²) in [4.78, 5) is 12.4. The zero-order valence-electron chi connectivity index (χ0n) is 14.7. The number of rotatable bonds is 13. The Morgan fingerprint density at radius 1 is 0.773 bits per heavy atom. The molecule has 0 saturated heterocycles. The topological polar surface area (TPSA) is 17.1 Å². The van der Waals surface area contributed by atoms with Gasteiger partial charge in [0.05, 0.1) is 0 Å². The van der Waals surface area contributed by atoms with Crippen LogP contribution in [0, 0.1) is 0 Å². The van der Waals surface area contributed by atoms with Crippen LogP contribution in [0.1, 0.15) is 100 Å². The third kappa shape index (κ3) is 7.77. The molecule has 0 aliphatic rings. The van der Waals surface area contributed by atoms with Crippen LogP contribution in [0.2, 0.25) is 0 Å². The van der Waals surface area contributed by atoms with E-state index in [9.17, 15) is 4.79 Å². The van der Waals surface area contributed by atoms with Crippen LogP contribution in [-0.2, 0) is 6.42 Å². The number of Topliss-reactive ketones (excluding diaryl/α,β-unsaturated/α-hetero) is 1. The van der Waals surface area contributed by atoms with E-state index in [1.54, 1.807) is 0 Å². The van der Waals surface area contributed by atoms with Gasteiger partial charge in [-0.05, 0) is 24.8 Å². The van der Waals surface area contributed by atoms with Crippen molar-refractivity contribution in [3.05, 3.63) is 35.4 Å². The minimum atomic E-state index is 0.348. The summed E-state index contributed by atoms with van der Waals surface area (Å²) < 4.78 is 0. The third-order valence-electron chi connectivity index (χ3n) is 4.37. The van der Waals surface area contributed by atoms with Crippen molar-refractivity contribution in [3.63, 3.8) is 0 Å². The van der Waals surface area contributed by atoms with Crippen molar-refractivity contribution in [3.8, 4) is 0 Å². The Bertz CT molecular complexity index is 408. The molecule has 0 radical (unpaired) electrons. The fraction of sp³-hybridized carbons (Fsp3) is 0.667. The number of unbranched alkanes of at least 4 members (excludes halogenated alkanes) is 8. The molecule has 1 aromatic rings. The first-order chi connectivity index (χ1) is 10.8. The summed E-state index contributed by atoms with van der Waals surface area (Å²) in [5.41, 5.74) is 2.24. The van der Waals surface area contributed by atoms with Gasteiger partial charge in [-0.25, -0.2) is 0 Å². The van der Waals surface area contributed by atoms with Crippen LogP contribution in [0.4, 0.5) is 0 Å². The van der Waals surface area contributed by atoms with Gasteiger partial charge in [-0.2, -0.15) is 0 Å². The molecule has 0 amide bonds. The third-order valence-corrected chi connectivity index (χ3v) is 4.37. The summed E-state index contributed by atoms with van der Waals surface area (Å²) in [5, 5.41) is 0. The van der Waals surface area contributed by atoms with Crippen LogP contribution in [-0.4, -0.2) is 5.78 Å². The van der Waals surface area contributed by atoms with Crippen molar-refractivity contribution in [2.45, 2.75) is 90.9 Å². The Labute approximate surface area is 137 Å². The maximum absolute atomic E-state index is 12.4. The normalized spacial score (nSPS) is 10.8. The van der Waals surface area contributed by atoms with Crippen molar-refractivity contribution >= 4 is 5.78 Å². The molecule has 0 aliphatic carbocycles. The van der Waals surface area contributed by atoms with Gasteiger partial charge in [0.15, 0.2) is 5.78 Å². The molecule has 1 rings (SSSR count). The number of hydrogen-bond donors (Lipinski definition) is 0. The summed E-state index contributed by atoms with van der Waals surface area (Å²) >= 11 is 0. The first-order valence-electron chi connectivity index (χ1n) is 9.40. The van der Waals surface area contributed by atoms with Gasteiger partial charge in [-0.15, -0.1) is 0 Å². The van der Waals surface area contributed by atoms with Gasteiger partial charge in [-0.1, -0.05) is 89.5 Å². The molecular weight excluding hydrogens is 268 g/mol. The van der Waals surface area contributed by atoms with E-state index in [4.69, 9.17) is 0 Å². The Hall–Kier alpha value is -1.11. The molecular formula is C21H34O. The molecule has 0 N–H and O–H groups in total. The van der Waals surface area contributed by atoms with Crippen LogP contribution >= 0.6 is 0 Å². The van der Waals surface area contributed by atoms with Crippen molar-refractivity contribution < 1.29 is 4.79 Å². The fourth-order valence-corrected chi connectivity index (χ4v) is 2.95. The average molecular weight is 303 g/mol. The number of hydrogen-bond acceptors (Lipinski definition) is 1. The lowest BCUT2D eigenvalue weighted by atomic mass is 9.95. The summed E-state index contributed by atoms with van der Waals surface area (Å²) in [6.07, 6.45) is 14.3. The van der Waals surface area contributed by atoms with Gasteiger partial charge in [0.1, 0.15) is 0 Å². The first kappa shape index (κ1) is 18.9. The lowest BCUT2D eigenvalue weighted by Crippen LogP contribution is -2.04. The minimum absolute atomic E-state index is 0.348. The Balaban J connectivity index is 2.39. The van der Waals surface area contributed by atoms with E-state index in [-0.39, 0.29) is 0 Å². The number of aryl methyl sites for hydroxylation is 1. The maximum atomic E-state index is 12.4. The van der Waals surface area contributed by atoms with Crippen LogP contribution in [0.3, 0.4) is 0 Å². The molecule has 0 bridgehead atoms. The standard InChI is InChI=1S/C21H34O/c1-3-5-7-9-11-15-19-16-13-14-17-20(19)21(22)18-12-10-8-6-4-2/h13-14,16-17H,3-12,15,18H2,1-2H3. The zero-order valence-corrected chi connectivity index (χ0v) is 14.7. The quantitative estimate of drug-likeness (QED) is 0.291. The second kappa shape index (κ2) is 12.4. The SMILES string of the molecule is CCCCCCCC(=O)c1ccccc1CCCCCCC. The van der Waals surface area contributed by atoms with Gasteiger partial charge in [0, 0.05) is 12.0 Å². The molecule has 0 unspecified atom stereocenters. The molecule has 0 saturated carbocycles. The van der Waals surface area contributed by atoms with Crippen molar-refractivity contribution in [2.24, 2.45) is 0 Å². The highest BCUT2D eigenvalue weighted by molar-refractivity contribution is 5.97. The smallest absolute Gasteiger partial charge is 0.163 e. The van der Waals surface area contributed by atoms with E-state index >= 15 is 0 Å². The summed E-state index contributed by atoms with van der Waals surface area (Å²) in [6.45, 7) is 4.47. The molecule has 0 aromatic heterocycles. The number of carbonyl (C=O) groups is 1. The molecule has 0 fully saturated rings. The molecule has 1 nitrogen and oxygen atoms in total. The molecule has 0 aliphatic heterocycles. The maximum Gasteiger partial charge on any atom is 0.163 e. The highest BCUT2D eigenvalue weighted by Gasteiger charge is 2.10. The van der Waals surface area contributed by atoms with E-state index in [0.29, 0.717) is 5.78 Å². The molecule has 1 aromatic carbocycles. The van der Waals surface area contributed by atoms with E-state index in [2.05, 4.69) is 26.0 Å². The van der Waals surface area contributed by atoms with Crippen molar-refractivity contribution in [1.29, 1.82) is 0 Å². The molecule has 0 heterocycles. The lowest BCUT2D eigenvalue weighted by molar-refractivity contribution is 0.0978. The fourth-order valence-electron chi connectivity index (χ4n) is 2.95. The van der Waals surface area contributed by atoms with Gasteiger partial charge in [0.25, 0.3) is 0 Å². The molecule has 124 valence electrons. The van der Waals surface area contributed by atoms with Gasteiger partial charge in [0.2, 0.25) is 0 Å². The molecule has 0 spiro atoms. The number of carbonyl (C=O) groups excluding carboxylic acids is 1. The van der Waals surface area contributed by atoms with E-state index in [1.165, 1.54) is 63.4 Å². The van der Waals surface area contributed by atoms with E-state index < -0.39 is 0 Å². The van der Waals surface area contributed by atoms with Crippen LogP contribution in [0.15, 0.2) is 24.3 Å². The van der Waals surface area contributed by atoms with Crippen molar-refractivity contribution in [2.75, 3.05) is 0 Å². The highest BCUT2D eigenvalue weighted by atomic mass is 16.1. The summed E-state index contributed by atoms with van der Waals surface area (Å²) in [6, 6.07) is 8.24. The Morgan fingerprint density at radius 3 is 2.05 bits per heavy atom. The minimum Gasteiger partial charge on any atom is -0.294 e. The highest BCUT2D eigenvalue weighted by Crippen LogP contribution is 2.17. The second-order valence-corrected chi connectivity index (χ2v) is 6.41. The van der Waals surface area contributed by atoms with E-state index in [0.717, 1.165) is 24.8 Å². The van der Waals surface area contributed by atoms with Gasteiger partial charge < -0.3 is 0 Å². The predicted octanol–water partition coefficient (Wildman–Crippen LogP) is 6.74. The Kier molecular flexibility index (Phi) is 10.7. The number of benzene rings is 1. The largest absolute Gasteiger partial charge is 0.294 e. The molecule has 22 heavy (non-hydrogen) atoms. The van der Waals surface area contributed by atoms with E-state index in [1.807, 2.05) is 12.1 Å². The Morgan fingerprint density at radius 2 is 1.36 bits per heavy atom. The summed E-state index contributed by atoms with van der Waals surface area (Å²) in [7, 11) is 0. The lowest BCUT2D eigenvalue weighted by Gasteiger charge is -2.09. The molecule has 1 heteroatoms. The molecule has 0 atom stereocenters. The summed E-state index contributed by atoms with van der Waals surface area (Å²) in [5.74, 6) is 0.348. The van der Waals surface area contributed by atoms with Crippen LogP contribution < -0.4 is 0 Å². The van der Waals surface area contributed by atoms with Crippen LogP contribution in [0.5, 0.6) is 0 Å². The average Bonchev–Trinajstić information content (AvgIpc) is 2.54. The van der Waals surface area contributed by atoms with Gasteiger partial charge in [-0.3, -0.25) is 4.79 Å². The monoisotopic (exact) mass is 302 g/mol. The van der Waals surface area contributed by atoms with Gasteiger partial charge >= 0.3 is 0 Å². The van der Waals surface area contributed by atoms with Crippen LogP contribution in [0.25, 0.3) is 0 Å². The zero-order chi connectivity index (χ0) is 16.0. The van der Waals surface area contributed by atoms with Crippen molar-refractivity contribution in [1.82, 2.24) is 0 Å². The second-order valence-electron chi connectivity index (χ2n) is 6.41. The first-order valence-corrected chi connectivity index (χ1v) is 9.40. The number of ketones is 1. The predicted molar refractivity (Wildman–Crippen MR) is 96.6 cm³/mol.